The summed E-state index contributed by atoms with van der Waals surface area (Å²) in [5, 5.41) is 0. The molecule has 0 saturated heterocycles. The van der Waals surface area contributed by atoms with Crippen LogP contribution in [0.15, 0.2) is 0 Å². The molecule has 0 spiro atoms. The molecule has 0 rings (SSSR count). The molecule has 0 aromatic heterocycles. The SMILES string of the molecule is NCCN.O=S=O. The van der Waals surface area contributed by atoms with Gasteiger partial charge in [0, 0.05) is 13.1 Å². The van der Waals surface area contributed by atoms with Crippen molar-refractivity contribution in [2.75, 3.05) is 13.1 Å². The third-order valence-electron chi connectivity index (χ3n) is 0.167. The van der Waals surface area contributed by atoms with Gasteiger partial charge in [0.2, 0.25) is 0 Å². The van der Waals surface area contributed by atoms with E-state index < -0.39 is 11.6 Å². The lowest BCUT2D eigenvalue weighted by Crippen LogP contribution is -2.11. The quantitative estimate of drug-likeness (QED) is 0.433. The summed E-state index contributed by atoms with van der Waals surface area (Å²) in [7, 11) is 0. The summed E-state index contributed by atoms with van der Waals surface area (Å²) < 4.78 is 16.6. The summed E-state index contributed by atoms with van der Waals surface area (Å²) in [6.45, 7) is 1.19. The van der Waals surface area contributed by atoms with E-state index in [1.807, 2.05) is 0 Å². The van der Waals surface area contributed by atoms with Crippen molar-refractivity contribution in [3.63, 3.8) is 0 Å². The minimum absolute atomic E-state index is 0.597. The van der Waals surface area contributed by atoms with Gasteiger partial charge in [-0.2, -0.15) is 8.42 Å². The summed E-state index contributed by atoms with van der Waals surface area (Å²) in [6, 6.07) is 0. The normalized spacial score (nSPS) is 6.00. The lowest BCUT2D eigenvalue weighted by molar-refractivity contribution is 0.630. The van der Waals surface area contributed by atoms with Crippen LogP contribution in [0.5, 0.6) is 0 Å². The molecule has 0 saturated carbocycles. The van der Waals surface area contributed by atoms with Gasteiger partial charge in [0.1, 0.15) is 0 Å². The second kappa shape index (κ2) is 17.2. The smallest absolute Gasteiger partial charge is 0.329 e. The maximum Gasteiger partial charge on any atom is 0.335 e. The van der Waals surface area contributed by atoms with Gasteiger partial charge in [-0.25, -0.2) is 0 Å². The minimum Gasteiger partial charge on any atom is -0.329 e. The average molecular weight is 124 g/mol. The Bertz CT molecular complexity index is 49.7. The van der Waals surface area contributed by atoms with Gasteiger partial charge in [0.15, 0.2) is 0 Å². The molecule has 0 atom stereocenters. The zero-order chi connectivity index (χ0) is 6.12. The Kier molecular flexibility index (Phi) is 24.3. The van der Waals surface area contributed by atoms with Crippen molar-refractivity contribution < 1.29 is 8.42 Å². The Balaban J connectivity index is 0. The third kappa shape index (κ3) is 147. The Labute approximate surface area is 45.5 Å². The highest BCUT2D eigenvalue weighted by molar-refractivity contribution is 7.51. The van der Waals surface area contributed by atoms with Crippen molar-refractivity contribution in [1.82, 2.24) is 0 Å². The fraction of sp³-hybridized carbons (Fsp3) is 1.00. The molecule has 0 radical (unpaired) electrons. The molecule has 7 heavy (non-hydrogen) atoms. The first-order chi connectivity index (χ1) is 3.33. The zero-order valence-corrected chi connectivity index (χ0v) is 4.61. The molecule has 5 heteroatoms. The van der Waals surface area contributed by atoms with Crippen LogP contribution in [0.4, 0.5) is 0 Å². The lowest BCUT2D eigenvalue weighted by atomic mass is 10.7. The molecule has 44 valence electrons. The minimum atomic E-state index is -0.750. The standard InChI is InChI=1S/C2H8N2.O2S/c3-1-2-4;1-3-2/h1-4H2;. The molecule has 0 aliphatic carbocycles. The number of hydrogen-bond donors (Lipinski definition) is 2. The van der Waals surface area contributed by atoms with Crippen molar-refractivity contribution in [3.8, 4) is 0 Å². The maximum absolute atomic E-state index is 8.29. The summed E-state index contributed by atoms with van der Waals surface area (Å²) in [6.07, 6.45) is 0. The van der Waals surface area contributed by atoms with Crippen LogP contribution in [0.1, 0.15) is 0 Å². The van der Waals surface area contributed by atoms with Gasteiger partial charge in [-0.3, -0.25) is 0 Å². The van der Waals surface area contributed by atoms with E-state index in [1.54, 1.807) is 0 Å². The molecule has 0 aliphatic rings. The van der Waals surface area contributed by atoms with Crippen LogP contribution in [0.25, 0.3) is 0 Å². The first-order valence-electron chi connectivity index (χ1n) is 1.65. The molecular weight excluding hydrogens is 116 g/mol. The highest BCUT2D eigenvalue weighted by Crippen LogP contribution is 1.24. The van der Waals surface area contributed by atoms with Gasteiger partial charge in [-0.1, -0.05) is 0 Å². The molecule has 0 amide bonds. The monoisotopic (exact) mass is 124 g/mol. The van der Waals surface area contributed by atoms with E-state index in [-0.39, 0.29) is 0 Å². The predicted octanol–water partition coefficient (Wildman–Crippen LogP) is -1.77. The van der Waals surface area contributed by atoms with E-state index in [4.69, 9.17) is 19.9 Å². The van der Waals surface area contributed by atoms with Crippen molar-refractivity contribution in [2.45, 2.75) is 0 Å². The number of rotatable bonds is 1. The van der Waals surface area contributed by atoms with Crippen molar-refractivity contribution in [1.29, 1.82) is 0 Å². The average Bonchev–Trinajstić information content (AvgIpc) is 1.69. The van der Waals surface area contributed by atoms with Crippen LogP contribution in [-0.2, 0) is 11.6 Å². The van der Waals surface area contributed by atoms with E-state index in [9.17, 15) is 0 Å². The van der Waals surface area contributed by atoms with Crippen LogP contribution in [0.2, 0.25) is 0 Å². The highest BCUT2D eigenvalue weighted by Gasteiger charge is 1.54. The Morgan fingerprint density at radius 1 is 1.14 bits per heavy atom. The molecular formula is C2H8N2O2S. The first-order valence-corrected chi connectivity index (χ1v) is 2.32. The maximum atomic E-state index is 8.29. The Hall–Kier alpha value is -0.260. The van der Waals surface area contributed by atoms with Gasteiger partial charge < -0.3 is 11.5 Å². The topological polar surface area (TPSA) is 86.2 Å². The van der Waals surface area contributed by atoms with Gasteiger partial charge in [0.25, 0.3) is 0 Å². The first kappa shape index (κ1) is 9.88. The third-order valence-corrected chi connectivity index (χ3v) is 0.167. The van der Waals surface area contributed by atoms with E-state index in [0.717, 1.165) is 0 Å². The van der Waals surface area contributed by atoms with Crippen LogP contribution >= 0.6 is 0 Å². The van der Waals surface area contributed by atoms with E-state index >= 15 is 0 Å². The molecule has 0 unspecified atom stereocenters. The van der Waals surface area contributed by atoms with Crippen LogP contribution in [-0.4, -0.2) is 21.5 Å². The summed E-state index contributed by atoms with van der Waals surface area (Å²) in [5.74, 6) is 0. The summed E-state index contributed by atoms with van der Waals surface area (Å²) in [4.78, 5) is 0. The molecule has 0 bridgehead atoms. The van der Waals surface area contributed by atoms with E-state index in [1.165, 1.54) is 0 Å². The lowest BCUT2D eigenvalue weighted by Gasteiger charge is -1.72. The van der Waals surface area contributed by atoms with Crippen molar-refractivity contribution in [2.24, 2.45) is 11.5 Å². The van der Waals surface area contributed by atoms with Crippen molar-refractivity contribution >= 4 is 11.6 Å². The molecule has 0 aromatic rings. The largest absolute Gasteiger partial charge is 0.335 e. The van der Waals surface area contributed by atoms with E-state index in [0.29, 0.717) is 13.1 Å². The highest BCUT2D eigenvalue weighted by atomic mass is 32.1. The predicted molar refractivity (Wildman–Crippen MR) is 27.0 cm³/mol. The van der Waals surface area contributed by atoms with Gasteiger partial charge in [-0.05, 0) is 0 Å². The Morgan fingerprint density at radius 2 is 1.29 bits per heavy atom. The second-order valence-corrected chi connectivity index (χ2v) is 0.781. The van der Waals surface area contributed by atoms with Gasteiger partial charge in [-0.15, -0.1) is 0 Å². The molecule has 4 N–H and O–H groups in total. The molecule has 0 fully saturated rings. The number of nitrogens with two attached hydrogens (primary N) is 2. The molecule has 0 aromatic carbocycles. The van der Waals surface area contributed by atoms with Crippen molar-refractivity contribution in [3.05, 3.63) is 0 Å². The molecule has 0 aliphatic heterocycles. The number of hydrogen-bond acceptors (Lipinski definition) is 4. The van der Waals surface area contributed by atoms with Crippen LogP contribution in [0.3, 0.4) is 0 Å². The van der Waals surface area contributed by atoms with Gasteiger partial charge >= 0.3 is 11.6 Å². The zero-order valence-electron chi connectivity index (χ0n) is 3.79. The van der Waals surface area contributed by atoms with Crippen LogP contribution in [0, 0.1) is 0 Å². The van der Waals surface area contributed by atoms with Gasteiger partial charge in [0.05, 0.1) is 0 Å². The Morgan fingerprint density at radius 3 is 1.29 bits per heavy atom. The fourth-order valence-electron chi connectivity index (χ4n) is 0. The summed E-state index contributed by atoms with van der Waals surface area (Å²) >= 11 is -0.750. The molecule has 4 nitrogen and oxygen atoms in total. The fourth-order valence-corrected chi connectivity index (χ4v) is 0. The van der Waals surface area contributed by atoms with E-state index in [2.05, 4.69) is 0 Å². The molecule has 0 heterocycles. The second-order valence-electron chi connectivity index (χ2n) is 0.645. The summed E-state index contributed by atoms with van der Waals surface area (Å²) in [5.41, 5.74) is 9.81. The van der Waals surface area contributed by atoms with Crippen LogP contribution < -0.4 is 11.5 Å².